The predicted octanol–water partition coefficient (Wildman–Crippen LogP) is 1.13. The van der Waals surface area contributed by atoms with Gasteiger partial charge in [0.05, 0.1) is 0 Å². The Morgan fingerprint density at radius 3 is 2.70 bits per heavy atom. The summed E-state index contributed by atoms with van der Waals surface area (Å²) in [5.74, 6) is 0. The molecule has 0 aliphatic rings. The average Bonchev–Trinajstić information content (AvgIpc) is 1.88. The second kappa shape index (κ2) is 5.38. The largest absolute Gasteiger partial charge is 0.409 e. The minimum absolute atomic E-state index is 0.0217. The Morgan fingerprint density at radius 2 is 2.30 bits per heavy atom. The predicted molar refractivity (Wildman–Crippen MR) is 41.8 cm³/mol. The summed E-state index contributed by atoms with van der Waals surface area (Å²) in [6.07, 6.45) is 0.955. The first-order valence-corrected chi connectivity index (χ1v) is 4.17. The number of carbonyl (C=O) groups excluding carboxylic acids is 1. The SMILES string of the molecule is C=C(C)C(=O)[Si]OCCC. The van der Waals surface area contributed by atoms with Gasteiger partial charge < -0.3 is 4.43 Å². The molecule has 0 heterocycles. The normalized spacial score (nSPS) is 9.40. The number of hydrogen-bond donors (Lipinski definition) is 0. The standard InChI is InChI=1S/C7H12O2Si/c1-4-5-9-10-7(8)6(2)3/h2,4-5H2,1,3H3. The highest BCUT2D eigenvalue weighted by molar-refractivity contribution is 6.72. The van der Waals surface area contributed by atoms with Gasteiger partial charge in [-0.3, -0.25) is 4.79 Å². The van der Waals surface area contributed by atoms with Crippen LogP contribution in [0.2, 0.25) is 0 Å². The van der Waals surface area contributed by atoms with Crippen LogP contribution in [0.15, 0.2) is 12.2 Å². The van der Waals surface area contributed by atoms with Crippen molar-refractivity contribution in [1.82, 2.24) is 0 Å². The fourth-order valence-electron chi connectivity index (χ4n) is 0.306. The smallest absolute Gasteiger partial charge is 0.322 e. The summed E-state index contributed by atoms with van der Waals surface area (Å²) < 4.78 is 5.02. The van der Waals surface area contributed by atoms with E-state index in [1.807, 2.05) is 6.92 Å². The van der Waals surface area contributed by atoms with Gasteiger partial charge in [-0.1, -0.05) is 13.5 Å². The van der Waals surface area contributed by atoms with Crippen molar-refractivity contribution >= 4 is 15.2 Å². The molecule has 0 saturated heterocycles. The molecule has 10 heavy (non-hydrogen) atoms. The van der Waals surface area contributed by atoms with E-state index in [9.17, 15) is 4.79 Å². The molecule has 3 heteroatoms. The van der Waals surface area contributed by atoms with Gasteiger partial charge in [-0.25, -0.2) is 0 Å². The molecule has 2 radical (unpaired) electrons. The van der Waals surface area contributed by atoms with Crippen LogP contribution in [0.5, 0.6) is 0 Å². The number of carbonyl (C=O) groups is 1. The fourth-order valence-corrected chi connectivity index (χ4v) is 0.917. The zero-order chi connectivity index (χ0) is 7.98. The molecule has 56 valence electrons. The molecule has 0 bridgehead atoms. The molecule has 0 amide bonds. The van der Waals surface area contributed by atoms with Crippen LogP contribution >= 0.6 is 0 Å². The van der Waals surface area contributed by atoms with Crippen molar-refractivity contribution in [1.29, 1.82) is 0 Å². The van der Waals surface area contributed by atoms with Crippen molar-refractivity contribution in [2.75, 3.05) is 6.61 Å². The molecule has 0 aliphatic carbocycles. The highest BCUT2D eigenvalue weighted by Gasteiger charge is 2.03. The zero-order valence-corrected chi connectivity index (χ0v) is 7.44. The third-order valence-corrected chi connectivity index (χ3v) is 1.82. The maximum absolute atomic E-state index is 10.8. The molecule has 0 saturated carbocycles. The van der Waals surface area contributed by atoms with E-state index in [0.717, 1.165) is 6.42 Å². The van der Waals surface area contributed by atoms with Crippen LogP contribution < -0.4 is 0 Å². The summed E-state index contributed by atoms with van der Waals surface area (Å²) in [6, 6.07) is 0. The van der Waals surface area contributed by atoms with E-state index in [1.54, 1.807) is 6.92 Å². The van der Waals surface area contributed by atoms with Crippen molar-refractivity contribution in [2.24, 2.45) is 0 Å². The molecule has 0 aromatic heterocycles. The molecule has 0 aromatic carbocycles. The minimum atomic E-state index is -0.0453. The van der Waals surface area contributed by atoms with Gasteiger partial charge >= 0.3 is 9.76 Å². The van der Waals surface area contributed by atoms with Crippen LogP contribution in [0.4, 0.5) is 0 Å². The van der Waals surface area contributed by atoms with E-state index in [1.165, 1.54) is 0 Å². The van der Waals surface area contributed by atoms with Crippen molar-refractivity contribution in [2.45, 2.75) is 20.3 Å². The summed E-state index contributed by atoms with van der Waals surface area (Å²) in [4.78, 5) is 10.8. The van der Waals surface area contributed by atoms with Crippen LogP contribution in [-0.2, 0) is 9.22 Å². The Hall–Kier alpha value is -0.413. The third-order valence-electron chi connectivity index (χ3n) is 0.859. The van der Waals surface area contributed by atoms with Crippen molar-refractivity contribution in [3.63, 3.8) is 0 Å². The Morgan fingerprint density at radius 1 is 1.70 bits per heavy atom. The lowest BCUT2D eigenvalue weighted by atomic mass is 10.4. The summed E-state index contributed by atoms with van der Waals surface area (Å²) >= 11 is 0. The van der Waals surface area contributed by atoms with Gasteiger partial charge in [0.2, 0.25) is 0 Å². The van der Waals surface area contributed by atoms with Crippen molar-refractivity contribution in [3.8, 4) is 0 Å². The molecule has 0 N–H and O–H groups in total. The van der Waals surface area contributed by atoms with Crippen LogP contribution in [0.25, 0.3) is 0 Å². The topological polar surface area (TPSA) is 26.3 Å². The molecule has 0 fully saturated rings. The van der Waals surface area contributed by atoms with Gasteiger partial charge in [-0.2, -0.15) is 0 Å². The zero-order valence-electron chi connectivity index (χ0n) is 6.44. The highest BCUT2D eigenvalue weighted by Crippen LogP contribution is 1.88. The molecular weight excluding hydrogens is 144 g/mol. The van der Waals surface area contributed by atoms with Gasteiger partial charge in [-0.05, 0) is 18.9 Å². The Kier molecular flexibility index (Phi) is 5.16. The van der Waals surface area contributed by atoms with Crippen LogP contribution in [0.1, 0.15) is 20.3 Å². The van der Waals surface area contributed by atoms with Crippen LogP contribution in [-0.4, -0.2) is 21.8 Å². The van der Waals surface area contributed by atoms with E-state index in [-0.39, 0.29) is 15.2 Å². The maximum Gasteiger partial charge on any atom is 0.322 e. The quantitative estimate of drug-likeness (QED) is 0.339. The van der Waals surface area contributed by atoms with Crippen molar-refractivity contribution in [3.05, 3.63) is 12.2 Å². The second-order valence-corrected chi connectivity index (χ2v) is 3.01. The first-order valence-electron chi connectivity index (χ1n) is 3.26. The van der Waals surface area contributed by atoms with E-state index in [4.69, 9.17) is 4.43 Å². The molecule has 0 spiro atoms. The first kappa shape index (κ1) is 9.59. The van der Waals surface area contributed by atoms with E-state index in [2.05, 4.69) is 6.58 Å². The summed E-state index contributed by atoms with van der Waals surface area (Å²) in [6.45, 7) is 7.88. The molecular formula is C7H12O2Si. The van der Waals surface area contributed by atoms with Crippen molar-refractivity contribution < 1.29 is 9.22 Å². The van der Waals surface area contributed by atoms with Crippen LogP contribution in [0, 0.1) is 0 Å². The Bertz CT molecular complexity index is 132. The fraction of sp³-hybridized carbons (Fsp3) is 0.571. The minimum Gasteiger partial charge on any atom is -0.409 e. The molecule has 0 rings (SSSR count). The molecule has 0 unspecified atom stereocenters. The molecule has 2 nitrogen and oxygen atoms in total. The first-order chi connectivity index (χ1) is 4.68. The van der Waals surface area contributed by atoms with Gasteiger partial charge in [0, 0.05) is 6.61 Å². The summed E-state index contributed by atoms with van der Waals surface area (Å²) in [7, 11) is -0.0453. The van der Waals surface area contributed by atoms with Gasteiger partial charge in [-0.15, -0.1) is 0 Å². The Labute approximate surface area is 64.2 Å². The lowest BCUT2D eigenvalue weighted by molar-refractivity contribution is -0.109. The maximum atomic E-state index is 10.8. The van der Waals surface area contributed by atoms with Crippen LogP contribution in [0.3, 0.4) is 0 Å². The third kappa shape index (κ3) is 4.46. The summed E-state index contributed by atoms with van der Waals surface area (Å²) in [5, 5.41) is 0.0217. The Balaban J connectivity index is 3.31. The van der Waals surface area contributed by atoms with E-state index in [0.29, 0.717) is 12.2 Å². The molecule has 0 aliphatic heterocycles. The van der Waals surface area contributed by atoms with E-state index < -0.39 is 0 Å². The molecule has 0 aromatic rings. The number of allylic oxidation sites excluding steroid dienone is 1. The van der Waals surface area contributed by atoms with Gasteiger partial charge in [0.25, 0.3) is 0 Å². The average molecular weight is 156 g/mol. The number of hydrogen-bond acceptors (Lipinski definition) is 2. The number of rotatable bonds is 5. The summed E-state index contributed by atoms with van der Waals surface area (Å²) in [5.41, 5.74) is 0.578. The molecule has 0 atom stereocenters. The second-order valence-electron chi connectivity index (χ2n) is 2.06. The van der Waals surface area contributed by atoms with Gasteiger partial charge in [0.1, 0.15) is 0 Å². The lowest BCUT2D eigenvalue weighted by Gasteiger charge is -1.97. The van der Waals surface area contributed by atoms with E-state index >= 15 is 0 Å². The monoisotopic (exact) mass is 156 g/mol. The van der Waals surface area contributed by atoms with Gasteiger partial charge in [0.15, 0.2) is 5.41 Å². The highest BCUT2D eigenvalue weighted by atomic mass is 28.2. The lowest BCUT2D eigenvalue weighted by Crippen LogP contribution is -2.13.